The molecule has 16 heavy (non-hydrogen) atoms. The summed E-state index contributed by atoms with van der Waals surface area (Å²) in [7, 11) is 0. The predicted molar refractivity (Wildman–Crippen MR) is 73.7 cm³/mol. The fourth-order valence-corrected chi connectivity index (χ4v) is 2.23. The molecule has 0 bridgehead atoms. The summed E-state index contributed by atoms with van der Waals surface area (Å²) in [5, 5.41) is 4.84. The highest BCUT2D eigenvalue weighted by Crippen LogP contribution is 2.24. The minimum atomic E-state index is 0.509. The van der Waals surface area contributed by atoms with Crippen molar-refractivity contribution in [2.24, 2.45) is 0 Å². The van der Waals surface area contributed by atoms with Gasteiger partial charge in [0.05, 0.1) is 0 Å². The Morgan fingerprint density at radius 2 is 1.75 bits per heavy atom. The summed E-state index contributed by atoms with van der Waals surface area (Å²) in [6.07, 6.45) is 4.79. The number of halogens is 2. The van der Waals surface area contributed by atoms with Crippen LogP contribution in [0.3, 0.4) is 0 Å². The molecule has 1 atom stereocenters. The third-order valence-electron chi connectivity index (χ3n) is 2.63. The van der Waals surface area contributed by atoms with E-state index in [1.165, 1.54) is 19.3 Å². The van der Waals surface area contributed by atoms with E-state index in [1.54, 1.807) is 6.07 Å². The summed E-state index contributed by atoms with van der Waals surface area (Å²) in [5.74, 6) is 0. The quantitative estimate of drug-likeness (QED) is 0.724. The van der Waals surface area contributed by atoms with Crippen LogP contribution in [0.2, 0.25) is 10.0 Å². The van der Waals surface area contributed by atoms with Crippen molar-refractivity contribution in [3.63, 3.8) is 0 Å². The minimum absolute atomic E-state index is 0.509. The molecule has 0 aliphatic heterocycles. The van der Waals surface area contributed by atoms with Crippen molar-refractivity contribution in [3.8, 4) is 0 Å². The van der Waals surface area contributed by atoms with Crippen LogP contribution >= 0.6 is 23.2 Å². The topological polar surface area (TPSA) is 12.0 Å². The Bertz CT molecular complexity index is 305. The molecule has 0 spiro atoms. The van der Waals surface area contributed by atoms with Crippen LogP contribution in [0.15, 0.2) is 18.2 Å². The smallest absolute Gasteiger partial charge is 0.0441 e. The standard InChI is InChI=1S/C13H19Cl2N/c1-3-5-6-12(4-2)16-13-8-10(14)7-11(15)9-13/h7-9,12,16H,3-6H2,1-2H3. The van der Waals surface area contributed by atoms with Crippen LogP contribution in [0.4, 0.5) is 5.69 Å². The lowest BCUT2D eigenvalue weighted by Gasteiger charge is -2.18. The van der Waals surface area contributed by atoms with Crippen LogP contribution in [0.1, 0.15) is 39.5 Å². The van der Waals surface area contributed by atoms with Gasteiger partial charge in [-0.2, -0.15) is 0 Å². The summed E-state index contributed by atoms with van der Waals surface area (Å²) in [4.78, 5) is 0. The van der Waals surface area contributed by atoms with Gasteiger partial charge in [0, 0.05) is 21.8 Å². The van der Waals surface area contributed by atoms with E-state index in [9.17, 15) is 0 Å². The Hall–Kier alpha value is -0.400. The fourth-order valence-electron chi connectivity index (χ4n) is 1.70. The van der Waals surface area contributed by atoms with E-state index in [1.807, 2.05) is 12.1 Å². The maximum atomic E-state index is 5.96. The van der Waals surface area contributed by atoms with Gasteiger partial charge in [-0.3, -0.25) is 0 Å². The number of unbranched alkanes of at least 4 members (excludes halogenated alkanes) is 1. The van der Waals surface area contributed by atoms with E-state index in [2.05, 4.69) is 19.2 Å². The second kappa shape index (κ2) is 7.03. The third-order valence-corrected chi connectivity index (χ3v) is 3.07. The van der Waals surface area contributed by atoms with Gasteiger partial charge >= 0.3 is 0 Å². The Balaban J connectivity index is 2.62. The van der Waals surface area contributed by atoms with E-state index in [0.29, 0.717) is 16.1 Å². The predicted octanol–water partition coefficient (Wildman–Crippen LogP) is 5.37. The molecule has 1 aromatic rings. The lowest BCUT2D eigenvalue weighted by atomic mass is 10.1. The number of anilines is 1. The van der Waals surface area contributed by atoms with Gasteiger partial charge in [-0.1, -0.05) is 49.9 Å². The first-order valence-corrected chi connectivity index (χ1v) is 6.64. The zero-order valence-corrected chi connectivity index (χ0v) is 11.4. The van der Waals surface area contributed by atoms with Crippen molar-refractivity contribution < 1.29 is 0 Å². The van der Waals surface area contributed by atoms with Gasteiger partial charge in [-0.05, 0) is 31.0 Å². The summed E-state index contributed by atoms with van der Waals surface area (Å²) in [6, 6.07) is 6.10. The van der Waals surface area contributed by atoms with Gasteiger partial charge in [0.1, 0.15) is 0 Å². The summed E-state index contributed by atoms with van der Waals surface area (Å²) in [5.41, 5.74) is 1.01. The Labute approximate surface area is 108 Å². The molecule has 0 aromatic heterocycles. The lowest BCUT2D eigenvalue weighted by Crippen LogP contribution is -2.18. The van der Waals surface area contributed by atoms with E-state index < -0.39 is 0 Å². The summed E-state index contributed by atoms with van der Waals surface area (Å²) < 4.78 is 0. The molecular weight excluding hydrogens is 241 g/mol. The van der Waals surface area contributed by atoms with Crippen molar-refractivity contribution in [1.29, 1.82) is 0 Å². The molecule has 1 unspecified atom stereocenters. The van der Waals surface area contributed by atoms with E-state index in [-0.39, 0.29) is 0 Å². The van der Waals surface area contributed by atoms with Crippen molar-refractivity contribution >= 4 is 28.9 Å². The summed E-state index contributed by atoms with van der Waals surface area (Å²) >= 11 is 11.9. The van der Waals surface area contributed by atoms with Crippen LogP contribution in [-0.4, -0.2) is 6.04 Å². The molecule has 0 fully saturated rings. The van der Waals surface area contributed by atoms with Gasteiger partial charge in [-0.25, -0.2) is 0 Å². The van der Waals surface area contributed by atoms with Crippen LogP contribution < -0.4 is 5.32 Å². The van der Waals surface area contributed by atoms with Crippen molar-refractivity contribution in [2.75, 3.05) is 5.32 Å². The average Bonchev–Trinajstić information content (AvgIpc) is 2.22. The van der Waals surface area contributed by atoms with Gasteiger partial charge in [-0.15, -0.1) is 0 Å². The molecule has 0 heterocycles. The van der Waals surface area contributed by atoms with Crippen LogP contribution in [0, 0.1) is 0 Å². The monoisotopic (exact) mass is 259 g/mol. The van der Waals surface area contributed by atoms with Crippen LogP contribution in [-0.2, 0) is 0 Å². The first-order chi connectivity index (χ1) is 7.65. The molecule has 1 aromatic carbocycles. The molecule has 0 saturated heterocycles. The van der Waals surface area contributed by atoms with E-state index >= 15 is 0 Å². The molecular formula is C13H19Cl2N. The largest absolute Gasteiger partial charge is 0.382 e. The van der Waals surface area contributed by atoms with E-state index in [0.717, 1.165) is 12.1 Å². The van der Waals surface area contributed by atoms with Crippen LogP contribution in [0.25, 0.3) is 0 Å². The zero-order valence-electron chi connectivity index (χ0n) is 9.89. The zero-order chi connectivity index (χ0) is 12.0. The van der Waals surface area contributed by atoms with E-state index in [4.69, 9.17) is 23.2 Å². The number of rotatable bonds is 6. The normalized spacial score (nSPS) is 12.5. The maximum Gasteiger partial charge on any atom is 0.0441 e. The fraction of sp³-hybridized carbons (Fsp3) is 0.538. The second-order valence-electron chi connectivity index (χ2n) is 4.05. The molecule has 1 nitrogen and oxygen atoms in total. The molecule has 90 valence electrons. The highest BCUT2D eigenvalue weighted by Gasteiger charge is 2.06. The van der Waals surface area contributed by atoms with Gasteiger partial charge in [0.15, 0.2) is 0 Å². The van der Waals surface area contributed by atoms with Gasteiger partial charge in [0.2, 0.25) is 0 Å². The van der Waals surface area contributed by atoms with Crippen molar-refractivity contribution in [1.82, 2.24) is 0 Å². The van der Waals surface area contributed by atoms with Crippen LogP contribution in [0.5, 0.6) is 0 Å². The van der Waals surface area contributed by atoms with Gasteiger partial charge in [0.25, 0.3) is 0 Å². The second-order valence-corrected chi connectivity index (χ2v) is 4.92. The number of benzene rings is 1. The Kier molecular flexibility index (Phi) is 6.00. The minimum Gasteiger partial charge on any atom is -0.382 e. The SMILES string of the molecule is CCCCC(CC)Nc1cc(Cl)cc(Cl)c1. The highest BCUT2D eigenvalue weighted by atomic mass is 35.5. The Morgan fingerprint density at radius 1 is 1.12 bits per heavy atom. The van der Waals surface area contributed by atoms with Crippen molar-refractivity contribution in [3.05, 3.63) is 28.2 Å². The highest BCUT2D eigenvalue weighted by molar-refractivity contribution is 6.35. The number of nitrogens with one attached hydrogen (secondary N) is 1. The molecule has 0 aliphatic rings. The molecule has 1 N–H and O–H groups in total. The third kappa shape index (κ3) is 4.63. The number of hydrogen-bond donors (Lipinski definition) is 1. The Morgan fingerprint density at radius 3 is 2.25 bits per heavy atom. The first-order valence-electron chi connectivity index (χ1n) is 5.88. The van der Waals surface area contributed by atoms with Crippen molar-refractivity contribution in [2.45, 2.75) is 45.6 Å². The summed E-state index contributed by atoms with van der Waals surface area (Å²) in [6.45, 7) is 4.41. The molecule has 3 heteroatoms. The van der Waals surface area contributed by atoms with Gasteiger partial charge < -0.3 is 5.32 Å². The molecule has 0 saturated carbocycles. The average molecular weight is 260 g/mol. The lowest BCUT2D eigenvalue weighted by molar-refractivity contribution is 0.593. The maximum absolute atomic E-state index is 5.96. The molecule has 1 rings (SSSR count). The number of hydrogen-bond acceptors (Lipinski definition) is 1. The molecule has 0 aliphatic carbocycles. The molecule has 0 amide bonds. The first kappa shape index (κ1) is 13.7. The molecule has 0 radical (unpaired) electrons.